The Labute approximate surface area is 99.6 Å². The average Bonchev–Trinajstić information content (AvgIpc) is 2.59. The highest BCUT2D eigenvalue weighted by Crippen LogP contribution is 2.42. The monoisotopic (exact) mass is 236 g/mol. The number of carbonyl (C=O) groups excluding carboxylic acids is 1. The summed E-state index contributed by atoms with van der Waals surface area (Å²) in [4.78, 5) is 12.4. The predicted octanol–water partition coefficient (Wildman–Crippen LogP) is -0.535. The molecule has 0 radical (unpaired) electrons. The van der Waals surface area contributed by atoms with Crippen molar-refractivity contribution >= 4 is 11.6 Å². The van der Waals surface area contributed by atoms with Gasteiger partial charge in [-0.3, -0.25) is 15.4 Å². The lowest BCUT2D eigenvalue weighted by molar-refractivity contribution is -0.125. The molecule has 17 heavy (non-hydrogen) atoms. The Kier molecular flexibility index (Phi) is 2.78. The van der Waals surface area contributed by atoms with E-state index >= 15 is 0 Å². The molecule has 92 valence electrons. The molecular weight excluding hydrogens is 220 g/mol. The van der Waals surface area contributed by atoms with E-state index in [-0.39, 0.29) is 11.7 Å². The normalized spacial score (nSPS) is 17.4. The third-order valence-corrected chi connectivity index (χ3v) is 3.13. The van der Waals surface area contributed by atoms with Crippen LogP contribution in [0, 0.1) is 0 Å². The number of hydrogen-bond acceptors (Lipinski definition) is 5. The van der Waals surface area contributed by atoms with Crippen molar-refractivity contribution in [2.24, 2.45) is 0 Å². The van der Waals surface area contributed by atoms with Crippen molar-refractivity contribution in [2.45, 2.75) is 5.66 Å². The van der Waals surface area contributed by atoms with Gasteiger partial charge >= 0.3 is 0 Å². The Bertz CT molecular complexity index is 457. The Morgan fingerprint density at radius 3 is 2.41 bits per heavy atom. The second-order valence-electron chi connectivity index (χ2n) is 3.79. The number of amides is 1. The second-order valence-corrected chi connectivity index (χ2v) is 3.79. The molecule has 1 aromatic rings. The van der Waals surface area contributed by atoms with Crippen LogP contribution in [0.1, 0.15) is 5.56 Å². The van der Waals surface area contributed by atoms with Crippen molar-refractivity contribution in [1.82, 2.24) is 16.1 Å². The van der Waals surface area contributed by atoms with Gasteiger partial charge < -0.3 is 5.11 Å². The van der Waals surface area contributed by atoms with Gasteiger partial charge in [-0.2, -0.15) is 0 Å². The van der Waals surface area contributed by atoms with E-state index in [1.165, 1.54) is 5.01 Å². The number of nitrogens with one attached hydrogen (secondary N) is 3. The lowest BCUT2D eigenvalue weighted by Crippen LogP contribution is -2.59. The predicted molar refractivity (Wildman–Crippen MR) is 64.4 cm³/mol. The highest BCUT2D eigenvalue weighted by atomic mass is 16.3. The number of aromatic hydroxyl groups is 1. The minimum Gasteiger partial charge on any atom is -0.507 e. The van der Waals surface area contributed by atoms with E-state index in [4.69, 9.17) is 0 Å². The van der Waals surface area contributed by atoms with Crippen LogP contribution < -0.4 is 21.1 Å². The number of rotatable bonds is 3. The lowest BCUT2D eigenvalue weighted by Gasteiger charge is -2.27. The van der Waals surface area contributed by atoms with Crippen molar-refractivity contribution < 1.29 is 9.90 Å². The number of phenols is 1. The van der Waals surface area contributed by atoms with E-state index in [1.54, 1.807) is 39.3 Å². The summed E-state index contributed by atoms with van der Waals surface area (Å²) < 4.78 is 0. The van der Waals surface area contributed by atoms with Crippen LogP contribution in [0.4, 0.5) is 5.69 Å². The van der Waals surface area contributed by atoms with Crippen molar-refractivity contribution in [2.75, 3.05) is 26.2 Å². The maximum atomic E-state index is 12.4. The number of fused-ring (bicyclic) bond motifs is 1. The van der Waals surface area contributed by atoms with E-state index in [0.717, 1.165) is 0 Å². The standard InChI is InChI=1S/C11H16N4O2/c1-12-11(13-2)9-7(5-4-6-8(9)16)15(14-3)10(11)17/h4-6,12-14,16H,1-3H3. The third-order valence-electron chi connectivity index (χ3n) is 3.13. The molecule has 0 aromatic heterocycles. The lowest BCUT2D eigenvalue weighted by atomic mass is 10.00. The second kappa shape index (κ2) is 3.99. The zero-order chi connectivity index (χ0) is 12.6. The van der Waals surface area contributed by atoms with E-state index in [0.29, 0.717) is 11.3 Å². The molecule has 0 atom stereocenters. The van der Waals surface area contributed by atoms with Crippen molar-refractivity contribution in [3.05, 3.63) is 23.8 Å². The number of hydrazine groups is 1. The van der Waals surface area contributed by atoms with Crippen LogP contribution in [0.15, 0.2) is 18.2 Å². The van der Waals surface area contributed by atoms with Crippen LogP contribution in [0.5, 0.6) is 5.75 Å². The first-order valence-corrected chi connectivity index (χ1v) is 5.34. The number of benzene rings is 1. The van der Waals surface area contributed by atoms with E-state index in [1.807, 2.05) is 0 Å². The van der Waals surface area contributed by atoms with E-state index in [9.17, 15) is 9.90 Å². The highest BCUT2D eigenvalue weighted by molar-refractivity contribution is 6.07. The summed E-state index contributed by atoms with van der Waals surface area (Å²) in [6.45, 7) is 0. The first kappa shape index (κ1) is 11.8. The fraction of sp³-hybridized carbons (Fsp3) is 0.364. The molecule has 1 heterocycles. The molecule has 0 bridgehead atoms. The summed E-state index contributed by atoms with van der Waals surface area (Å²) in [5.74, 6) is -0.126. The van der Waals surface area contributed by atoms with Gasteiger partial charge in [-0.05, 0) is 26.2 Å². The van der Waals surface area contributed by atoms with Gasteiger partial charge in [0.05, 0.1) is 11.3 Å². The van der Waals surface area contributed by atoms with Crippen molar-refractivity contribution in [1.29, 1.82) is 0 Å². The Morgan fingerprint density at radius 1 is 1.24 bits per heavy atom. The van der Waals surface area contributed by atoms with E-state index in [2.05, 4.69) is 16.1 Å². The van der Waals surface area contributed by atoms with Crippen molar-refractivity contribution in [3.63, 3.8) is 0 Å². The van der Waals surface area contributed by atoms with Crippen LogP contribution in [0.3, 0.4) is 0 Å². The molecule has 0 aliphatic carbocycles. The largest absolute Gasteiger partial charge is 0.507 e. The van der Waals surface area contributed by atoms with Crippen molar-refractivity contribution in [3.8, 4) is 5.75 Å². The Hall–Kier alpha value is -1.63. The molecule has 6 heteroatoms. The first-order valence-electron chi connectivity index (χ1n) is 5.34. The summed E-state index contributed by atoms with van der Waals surface area (Å²) in [6.07, 6.45) is 0. The van der Waals surface area contributed by atoms with Gasteiger partial charge in [-0.15, -0.1) is 0 Å². The molecule has 6 nitrogen and oxygen atoms in total. The van der Waals surface area contributed by atoms with Gasteiger partial charge in [0.1, 0.15) is 5.75 Å². The van der Waals surface area contributed by atoms with Crippen LogP contribution in [-0.2, 0) is 10.5 Å². The molecule has 0 saturated heterocycles. The summed E-state index contributed by atoms with van der Waals surface area (Å²) in [7, 11) is 5.00. The van der Waals surface area contributed by atoms with Crippen LogP contribution in [0.25, 0.3) is 0 Å². The first-order chi connectivity index (χ1) is 8.12. The number of hydrogen-bond donors (Lipinski definition) is 4. The zero-order valence-electron chi connectivity index (χ0n) is 10.0. The summed E-state index contributed by atoms with van der Waals surface area (Å²) in [6, 6.07) is 5.04. The topological polar surface area (TPSA) is 76.6 Å². The molecule has 0 saturated carbocycles. The van der Waals surface area contributed by atoms with E-state index < -0.39 is 5.66 Å². The minimum atomic E-state index is -1.09. The molecule has 0 unspecified atom stereocenters. The van der Waals surface area contributed by atoms with Crippen LogP contribution >= 0.6 is 0 Å². The fourth-order valence-electron chi connectivity index (χ4n) is 2.29. The number of carbonyl (C=O) groups is 1. The van der Waals surface area contributed by atoms with Gasteiger partial charge in [0.15, 0.2) is 5.66 Å². The van der Waals surface area contributed by atoms with Gasteiger partial charge in [-0.25, -0.2) is 10.4 Å². The van der Waals surface area contributed by atoms with Gasteiger partial charge in [0, 0.05) is 7.05 Å². The number of phenolic OH excluding ortho intramolecular Hbond substituents is 1. The minimum absolute atomic E-state index is 0.0808. The highest BCUT2D eigenvalue weighted by Gasteiger charge is 2.51. The molecular formula is C11H16N4O2. The summed E-state index contributed by atoms with van der Waals surface area (Å²) in [5, 5.41) is 17.3. The SMILES string of the molecule is CNN1C(=O)C(NC)(NC)c2c(O)cccc21. The maximum Gasteiger partial charge on any atom is 0.281 e. The van der Waals surface area contributed by atoms with Crippen LogP contribution in [0.2, 0.25) is 0 Å². The molecule has 0 fully saturated rings. The third kappa shape index (κ3) is 1.35. The maximum absolute atomic E-state index is 12.4. The molecule has 1 aliphatic heterocycles. The quantitative estimate of drug-likeness (QED) is 0.531. The summed E-state index contributed by atoms with van der Waals surface area (Å²) >= 11 is 0. The zero-order valence-corrected chi connectivity index (χ0v) is 10.0. The molecule has 1 aromatic carbocycles. The smallest absolute Gasteiger partial charge is 0.281 e. The summed E-state index contributed by atoms with van der Waals surface area (Å²) in [5.41, 5.74) is 2.89. The molecule has 2 rings (SSSR count). The van der Waals surface area contributed by atoms with Crippen LogP contribution in [-0.4, -0.2) is 32.2 Å². The van der Waals surface area contributed by atoms with Gasteiger partial charge in [0.2, 0.25) is 0 Å². The number of anilines is 1. The average molecular weight is 236 g/mol. The van der Waals surface area contributed by atoms with Gasteiger partial charge in [-0.1, -0.05) is 6.07 Å². The molecule has 0 spiro atoms. The molecule has 1 aliphatic rings. The Balaban J connectivity index is 2.72. The molecule has 4 N–H and O–H groups in total. The molecule has 1 amide bonds. The number of nitrogens with zero attached hydrogens (tertiary/aromatic N) is 1. The van der Waals surface area contributed by atoms with Gasteiger partial charge in [0.25, 0.3) is 5.91 Å². The fourth-order valence-corrected chi connectivity index (χ4v) is 2.29. The Morgan fingerprint density at radius 2 is 1.88 bits per heavy atom. The number of likely N-dealkylation sites (N-methyl/N-ethyl adjacent to an activating group) is 2.